The topological polar surface area (TPSA) is 38.8 Å². The van der Waals surface area contributed by atoms with Gasteiger partial charge < -0.3 is 9.47 Å². The Morgan fingerprint density at radius 1 is 1.37 bits per heavy atom. The number of benzene rings is 2. The molecule has 0 N–H and O–H groups in total. The Kier molecular flexibility index (Phi) is 2.87. The first kappa shape index (κ1) is 12.0. The normalized spacial score (nSPS) is 14.8. The molecule has 0 spiro atoms. The fourth-order valence-corrected chi connectivity index (χ4v) is 2.48. The van der Waals surface area contributed by atoms with E-state index >= 15 is 0 Å². The van der Waals surface area contributed by atoms with E-state index in [9.17, 15) is 4.79 Å². The van der Waals surface area contributed by atoms with Crippen LogP contribution in [0.15, 0.2) is 30.3 Å². The van der Waals surface area contributed by atoms with Crippen molar-refractivity contribution in [3.05, 3.63) is 41.5 Å². The van der Waals surface area contributed by atoms with Crippen molar-refractivity contribution in [3.63, 3.8) is 0 Å². The maximum Gasteiger partial charge on any atom is 0.341 e. The van der Waals surface area contributed by atoms with Crippen molar-refractivity contribution < 1.29 is 14.3 Å². The van der Waals surface area contributed by atoms with Crippen LogP contribution in [-0.2, 0) is 11.3 Å². The van der Waals surface area contributed by atoms with Crippen molar-refractivity contribution in [2.45, 2.75) is 6.54 Å². The summed E-state index contributed by atoms with van der Waals surface area (Å²) >= 11 is 0. The first-order chi connectivity index (χ1) is 9.20. The molecule has 0 fully saturated rings. The van der Waals surface area contributed by atoms with E-state index < -0.39 is 0 Å². The van der Waals surface area contributed by atoms with E-state index in [0.29, 0.717) is 18.0 Å². The average molecular weight is 257 g/mol. The number of ether oxygens (including phenoxy) is 2. The summed E-state index contributed by atoms with van der Waals surface area (Å²) in [5, 5.41) is 2.15. The molecule has 1 aliphatic rings. The quantitative estimate of drug-likeness (QED) is 0.735. The fourth-order valence-electron chi connectivity index (χ4n) is 2.48. The minimum absolute atomic E-state index is 0.355. The minimum Gasteiger partial charge on any atom is -0.477 e. The summed E-state index contributed by atoms with van der Waals surface area (Å²) in [5.41, 5.74) is 1.55. The van der Waals surface area contributed by atoms with Gasteiger partial charge in [0.1, 0.15) is 18.0 Å². The van der Waals surface area contributed by atoms with Crippen LogP contribution in [0.25, 0.3) is 10.8 Å². The lowest BCUT2D eigenvalue weighted by molar-refractivity contribution is 0.0585. The van der Waals surface area contributed by atoms with Crippen LogP contribution < -0.4 is 4.74 Å². The van der Waals surface area contributed by atoms with Crippen molar-refractivity contribution in [1.29, 1.82) is 0 Å². The maximum absolute atomic E-state index is 11.9. The summed E-state index contributed by atoms with van der Waals surface area (Å²) in [4.78, 5) is 14.0. The van der Waals surface area contributed by atoms with Crippen molar-refractivity contribution in [3.8, 4) is 5.75 Å². The zero-order chi connectivity index (χ0) is 13.4. The molecule has 0 bridgehead atoms. The summed E-state index contributed by atoms with van der Waals surface area (Å²) in [6.45, 7) is 1.25. The predicted octanol–water partition coefficient (Wildman–Crippen LogP) is 2.41. The molecular formula is C15H15NO3. The van der Waals surface area contributed by atoms with E-state index in [1.165, 1.54) is 7.11 Å². The molecule has 1 heterocycles. The van der Waals surface area contributed by atoms with E-state index in [4.69, 9.17) is 9.47 Å². The van der Waals surface area contributed by atoms with Crippen molar-refractivity contribution >= 4 is 16.7 Å². The first-order valence-electron chi connectivity index (χ1n) is 6.15. The highest BCUT2D eigenvalue weighted by molar-refractivity contribution is 6.00. The van der Waals surface area contributed by atoms with Crippen LogP contribution in [0, 0.1) is 0 Å². The van der Waals surface area contributed by atoms with Crippen LogP contribution in [0.2, 0.25) is 0 Å². The van der Waals surface area contributed by atoms with Gasteiger partial charge in [-0.2, -0.15) is 0 Å². The van der Waals surface area contributed by atoms with E-state index in [-0.39, 0.29) is 5.97 Å². The molecule has 98 valence electrons. The SMILES string of the molecule is COC(=O)c1cc2ccccc2c2c1OCN(C)C2. The molecule has 4 nitrogen and oxygen atoms in total. The standard InChI is InChI=1S/C15H15NO3/c1-16-8-13-11-6-4-3-5-10(11)7-12(15(17)18-2)14(13)19-9-16/h3-7H,8-9H2,1-2H3. The van der Waals surface area contributed by atoms with Gasteiger partial charge in [-0.1, -0.05) is 24.3 Å². The fraction of sp³-hybridized carbons (Fsp3) is 0.267. The summed E-state index contributed by atoms with van der Waals surface area (Å²) in [6, 6.07) is 9.85. The Morgan fingerprint density at radius 3 is 2.95 bits per heavy atom. The largest absolute Gasteiger partial charge is 0.477 e. The third-order valence-corrected chi connectivity index (χ3v) is 3.37. The first-order valence-corrected chi connectivity index (χ1v) is 6.15. The highest BCUT2D eigenvalue weighted by Gasteiger charge is 2.24. The Morgan fingerprint density at radius 2 is 2.16 bits per heavy atom. The van der Waals surface area contributed by atoms with Crippen molar-refractivity contribution in [2.75, 3.05) is 20.9 Å². The van der Waals surface area contributed by atoms with Gasteiger partial charge >= 0.3 is 5.97 Å². The van der Waals surface area contributed by atoms with Crippen LogP contribution in [-0.4, -0.2) is 31.8 Å². The smallest absolute Gasteiger partial charge is 0.341 e. The van der Waals surface area contributed by atoms with E-state index in [0.717, 1.165) is 22.9 Å². The minimum atomic E-state index is -0.355. The maximum atomic E-state index is 11.9. The lowest BCUT2D eigenvalue weighted by Gasteiger charge is -2.28. The second-order valence-corrected chi connectivity index (χ2v) is 4.73. The molecule has 0 aliphatic carbocycles. The van der Waals surface area contributed by atoms with Gasteiger partial charge in [0.25, 0.3) is 0 Å². The highest BCUT2D eigenvalue weighted by Crippen LogP contribution is 2.35. The molecule has 0 aromatic heterocycles. The molecule has 0 amide bonds. The van der Waals surface area contributed by atoms with Gasteiger partial charge in [-0.05, 0) is 23.9 Å². The molecule has 0 unspecified atom stereocenters. The van der Waals surface area contributed by atoms with E-state index in [1.807, 2.05) is 31.3 Å². The molecule has 0 saturated heterocycles. The molecular weight excluding hydrogens is 242 g/mol. The number of esters is 1. The van der Waals surface area contributed by atoms with Gasteiger partial charge in [-0.25, -0.2) is 4.79 Å². The molecule has 2 aromatic carbocycles. The molecule has 4 heteroatoms. The molecule has 3 rings (SSSR count). The Bertz CT molecular complexity index is 651. The van der Waals surface area contributed by atoms with Crippen molar-refractivity contribution in [2.24, 2.45) is 0 Å². The number of carbonyl (C=O) groups excluding carboxylic acids is 1. The summed E-state index contributed by atoms with van der Waals surface area (Å²) in [5.74, 6) is 0.301. The molecule has 0 saturated carbocycles. The lowest BCUT2D eigenvalue weighted by Crippen LogP contribution is -2.29. The third-order valence-electron chi connectivity index (χ3n) is 3.37. The van der Waals surface area contributed by atoms with Gasteiger partial charge in [0, 0.05) is 12.1 Å². The number of carbonyl (C=O) groups is 1. The van der Waals surface area contributed by atoms with Crippen LogP contribution in [0.5, 0.6) is 5.75 Å². The van der Waals surface area contributed by atoms with Crippen LogP contribution in [0.1, 0.15) is 15.9 Å². The molecule has 19 heavy (non-hydrogen) atoms. The number of methoxy groups -OCH3 is 1. The molecule has 0 atom stereocenters. The van der Waals surface area contributed by atoms with Crippen LogP contribution in [0.3, 0.4) is 0 Å². The van der Waals surface area contributed by atoms with E-state index in [1.54, 1.807) is 0 Å². The highest BCUT2D eigenvalue weighted by atomic mass is 16.5. The second-order valence-electron chi connectivity index (χ2n) is 4.73. The van der Waals surface area contributed by atoms with E-state index in [2.05, 4.69) is 11.0 Å². The number of nitrogens with zero attached hydrogens (tertiary/aromatic N) is 1. The third kappa shape index (κ3) is 1.94. The lowest BCUT2D eigenvalue weighted by atomic mass is 9.98. The van der Waals surface area contributed by atoms with Crippen LogP contribution in [0.4, 0.5) is 0 Å². The zero-order valence-corrected chi connectivity index (χ0v) is 11.0. The second kappa shape index (κ2) is 4.55. The molecule has 1 aliphatic heterocycles. The van der Waals surface area contributed by atoms with Gasteiger partial charge in [0.05, 0.1) is 7.11 Å². The van der Waals surface area contributed by atoms with Crippen LogP contribution >= 0.6 is 0 Å². The number of fused-ring (bicyclic) bond motifs is 3. The zero-order valence-electron chi connectivity index (χ0n) is 11.0. The van der Waals surface area contributed by atoms with Gasteiger partial charge in [-0.15, -0.1) is 0 Å². The molecule has 2 aromatic rings. The number of rotatable bonds is 1. The predicted molar refractivity (Wildman–Crippen MR) is 72.2 cm³/mol. The molecule has 0 radical (unpaired) electrons. The van der Waals surface area contributed by atoms with Crippen molar-refractivity contribution in [1.82, 2.24) is 4.90 Å². The summed E-state index contributed by atoms with van der Waals surface area (Å²) < 4.78 is 10.6. The Labute approximate surface area is 111 Å². The monoisotopic (exact) mass is 257 g/mol. The summed E-state index contributed by atoms with van der Waals surface area (Å²) in [6.07, 6.45) is 0. The number of hydrogen-bond acceptors (Lipinski definition) is 4. The van der Waals surface area contributed by atoms with Gasteiger partial charge in [-0.3, -0.25) is 4.90 Å². The average Bonchev–Trinajstić information content (AvgIpc) is 2.45. The number of hydrogen-bond donors (Lipinski definition) is 0. The summed E-state index contributed by atoms with van der Waals surface area (Å²) in [7, 11) is 3.38. The van der Waals surface area contributed by atoms with Gasteiger partial charge in [0.15, 0.2) is 0 Å². The Hall–Kier alpha value is -2.07. The van der Waals surface area contributed by atoms with Gasteiger partial charge in [0.2, 0.25) is 0 Å². The Balaban J connectivity index is 2.30.